The van der Waals surface area contributed by atoms with Gasteiger partial charge in [-0.3, -0.25) is 4.90 Å². The molecule has 0 bridgehead atoms. The Morgan fingerprint density at radius 1 is 1.42 bits per heavy atom. The molecule has 0 radical (unpaired) electrons. The van der Waals surface area contributed by atoms with Gasteiger partial charge >= 0.3 is 0 Å². The molecule has 1 N–H and O–H groups in total. The summed E-state index contributed by atoms with van der Waals surface area (Å²) in [5, 5.41) is 3.55. The van der Waals surface area contributed by atoms with Crippen LogP contribution in [0.3, 0.4) is 0 Å². The van der Waals surface area contributed by atoms with Crippen LogP contribution in [-0.2, 0) is 0 Å². The van der Waals surface area contributed by atoms with Crippen LogP contribution in [0.25, 0.3) is 0 Å². The third-order valence-corrected chi connectivity index (χ3v) is 3.13. The molecular formula is C10H20N2. The van der Waals surface area contributed by atoms with E-state index in [9.17, 15) is 0 Å². The van der Waals surface area contributed by atoms with Crippen LogP contribution in [0.1, 0.15) is 33.1 Å². The van der Waals surface area contributed by atoms with E-state index in [4.69, 9.17) is 0 Å². The summed E-state index contributed by atoms with van der Waals surface area (Å²) in [5.74, 6) is 0. The number of nitrogens with zero attached hydrogens (tertiary/aromatic N) is 1. The summed E-state index contributed by atoms with van der Waals surface area (Å²) in [7, 11) is 0. The van der Waals surface area contributed by atoms with E-state index in [2.05, 4.69) is 24.1 Å². The molecule has 2 rings (SSSR count). The van der Waals surface area contributed by atoms with Gasteiger partial charge in [0.1, 0.15) is 0 Å². The Morgan fingerprint density at radius 3 is 2.75 bits per heavy atom. The van der Waals surface area contributed by atoms with Crippen molar-refractivity contribution < 1.29 is 0 Å². The van der Waals surface area contributed by atoms with E-state index in [0.29, 0.717) is 0 Å². The molecule has 1 saturated heterocycles. The lowest BCUT2D eigenvalue weighted by atomic mass is 10.2. The molecule has 12 heavy (non-hydrogen) atoms. The van der Waals surface area contributed by atoms with E-state index < -0.39 is 0 Å². The topological polar surface area (TPSA) is 15.3 Å². The SMILES string of the molecule is CCNC1CC(C)N(C2CC2)C1. The first-order chi connectivity index (χ1) is 5.81. The highest BCUT2D eigenvalue weighted by Crippen LogP contribution is 2.33. The van der Waals surface area contributed by atoms with Gasteiger partial charge in [-0.25, -0.2) is 0 Å². The van der Waals surface area contributed by atoms with E-state index in [1.54, 1.807) is 0 Å². The number of likely N-dealkylation sites (tertiary alicyclic amines) is 1. The molecular weight excluding hydrogens is 148 g/mol. The summed E-state index contributed by atoms with van der Waals surface area (Å²) in [6.07, 6.45) is 4.25. The first-order valence-electron chi connectivity index (χ1n) is 5.30. The van der Waals surface area contributed by atoms with E-state index in [0.717, 1.165) is 24.7 Å². The molecule has 2 fully saturated rings. The van der Waals surface area contributed by atoms with Crippen molar-refractivity contribution in [2.24, 2.45) is 0 Å². The number of likely N-dealkylation sites (N-methyl/N-ethyl adjacent to an activating group) is 1. The highest BCUT2D eigenvalue weighted by Gasteiger charge is 2.38. The standard InChI is InChI=1S/C10H20N2/c1-3-11-9-6-8(2)12(7-9)10-4-5-10/h8-11H,3-7H2,1-2H3. The number of hydrogen-bond donors (Lipinski definition) is 1. The first kappa shape index (κ1) is 8.52. The second-order valence-corrected chi connectivity index (χ2v) is 4.27. The second kappa shape index (κ2) is 3.35. The summed E-state index contributed by atoms with van der Waals surface area (Å²) >= 11 is 0. The van der Waals surface area contributed by atoms with Crippen molar-refractivity contribution in [1.29, 1.82) is 0 Å². The monoisotopic (exact) mass is 168 g/mol. The Labute approximate surface area is 75.3 Å². The van der Waals surface area contributed by atoms with Crippen LogP contribution in [0, 0.1) is 0 Å². The largest absolute Gasteiger partial charge is 0.313 e. The van der Waals surface area contributed by atoms with Crippen molar-refractivity contribution in [3.63, 3.8) is 0 Å². The van der Waals surface area contributed by atoms with Crippen LogP contribution in [-0.4, -0.2) is 36.1 Å². The molecule has 0 aromatic rings. The maximum atomic E-state index is 3.55. The molecule has 70 valence electrons. The molecule has 0 amide bonds. The Kier molecular flexibility index (Phi) is 2.37. The fourth-order valence-electron chi connectivity index (χ4n) is 2.41. The van der Waals surface area contributed by atoms with Gasteiger partial charge in [-0.2, -0.15) is 0 Å². The fourth-order valence-corrected chi connectivity index (χ4v) is 2.41. The minimum atomic E-state index is 0.769. The summed E-state index contributed by atoms with van der Waals surface area (Å²) in [6, 6.07) is 2.54. The van der Waals surface area contributed by atoms with Gasteiger partial charge in [0.15, 0.2) is 0 Å². The van der Waals surface area contributed by atoms with Crippen LogP contribution in [0.15, 0.2) is 0 Å². The normalized spacial score (nSPS) is 37.5. The lowest BCUT2D eigenvalue weighted by Gasteiger charge is -2.19. The number of nitrogens with one attached hydrogen (secondary N) is 1. The molecule has 2 atom stereocenters. The maximum Gasteiger partial charge on any atom is 0.0209 e. The summed E-state index contributed by atoms with van der Waals surface area (Å²) in [4.78, 5) is 2.69. The van der Waals surface area contributed by atoms with Crippen LogP contribution < -0.4 is 5.32 Å². The summed E-state index contributed by atoms with van der Waals surface area (Å²) in [6.45, 7) is 6.98. The van der Waals surface area contributed by atoms with Gasteiger partial charge in [-0.1, -0.05) is 6.92 Å². The van der Waals surface area contributed by atoms with Gasteiger partial charge in [0, 0.05) is 24.7 Å². The number of hydrogen-bond acceptors (Lipinski definition) is 2. The Balaban J connectivity index is 1.84. The van der Waals surface area contributed by atoms with Gasteiger partial charge < -0.3 is 5.32 Å². The van der Waals surface area contributed by atoms with Crippen LogP contribution in [0.2, 0.25) is 0 Å². The van der Waals surface area contributed by atoms with Crippen molar-refractivity contribution in [2.45, 2.75) is 51.2 Å². The zero-order valence-electron chi connectivity index (χ0n) is 8.21. The average molecular weight is 168 g/mol. The zero-order valence-corrected chi connectivity index (χ0v) is 8.21. The summed E-state index contributed by atoms with van der Waals surface area (Å²) < 4.78 is 0. The van der Waals surface area contributed by atoms with Gasteiger partial charge in [-0.15, -0.1) is 0 Å². The van der Waals surface area contributed by atoms with Crippen LogP contribution in [0.5, 0.6) is 0 Å². The Hall–Kier alpha value is -0.0800. The predicted octanol–water partition coefficient (Wildman–Crippen LogP) is 1.22. The molecule has 0 aromatic carbocycles. The van der Waals surface area contributed by atoms with E-state index in [1.807, 2.05) is 0 Å². The number of rotatable bonds is 3. The Morgan fingerprint density at radius 2 is 2.17 bits per heavy atom. The van der Waals surface area contributed by atoms with Crippen molar-refractivity contribution in [3.8, 4) is 0 Å². The minimum Gasteiger partial charge on any atom is -0.313 e. The van der Waals surface area contributed by atoms with Gasteiger partial charge in [0.05, 0.1) is 0 Å². The average Bonchev–Trinajstić information content (AvgIpc) is 2.79. The quantitative estimate of drug-likeness (QED) is 0.681. The second-order valence-electron chi connectivity index (χ2n) is 4.27. The molecule has 2 nitrogen and oxygen atoms in total. The van der Waals surface area contributed by atoms with Crippen LogP contribution >= 0.6 is 0 Å². The zero-order chi connectivity index (χ0) is 8.55. The third-order valence-electron chi connectivity index (χ3n) is 3.13. The van der Waals surface area contributed by atoms with Crippen LogP contribution in [0.4, 0.5) is 0 Å². The molecule has 0 aromatic heterocycles. The molecule has 2 unspecified atom stereocenters. The van der Waals surface area contributed by atoms with E-state index >= 15 is 0 Å². The van der Waals surface area contributed by atoms with Crippen molar-refractivity contribution in [3.05, 3.63) is 0 Å². The lowest BCUT2D eigenvalue weighted by Crippen LogP contribution is -2.33. The van der Waals surface area contributed by atoms with E-state index in [1.165, 1.54) is 25.8 Å². The summed E-state index contributed by atoms with van der Waals surface area (Å²) in [5.41, 5.74) is 0. The molecule has 2 aliphatic rings. The van der Waals surface area contributed by atoms with E-state index in [-0.39, 0.29) is 0 Å². The molecule has 1 aliphatic heterocycles. The first-order valence-corrected chi connectivity index (χ1v) is 5.30. The highest BCUT2D eigenvalue weighted by atomic mass is 15.3. The molecule has 1 saturated carbocycles. The van der Waals surface area contributed by atoms with Gasteiger partial charge in [0.25, 0.3) is 0 Å². The smallest absolute Gasteiger partial charge is 0.0209 e. The van der Waals surface area contributed by atoms with Crippen molar-refractivity contribution >= 4 is 0 Å². The molecule has 1 heterocycles. The predicted molar refractivity (Wildman–Crippen MR) is 51.3 cm³/mol. The molecule has 2 heteroatoms. The van der Waals surface area contributed by atoms with Crippen molar-refractivity contribution in [2.75, 3.05) is 13.1 Å². The minimum absolute atomic E-state index is 0.769. The Bertz CT molecular complexity index is 154. The van der Waals surface area contributed by atoms with Crippen molar-refractivity contribution in [1.82, 2.24) is 10.2 Å². The fraction of sp³-hybridized carbons (Fsp3) is 1.00. The maximum absolute atomic E-state index is 3.55. The lowest BCUT2D eigenvalue weighted by molar-refractivity contribution is 0.255. The highest BCUT2D eigenvalue weighted by molar-refractivity contribution is 4.95. The van der Waals surface area contributed by atoms with Gasteiger partial charge in [0.2, 0.25) is 0 Å². The molecule has 0 spiro atoms. The molecule has 1 aliphatic carbocycles. The third kappa shape index (κ3) is 1.64. The van der Waals surface area contributed by atoms with Gasteiger partial charge in [-0.05, 0) is 32.7 Å².